The van der Waals surface area contributed by atoms with E-state index < -0.39 is 0 Å². The molecule has 16 heavy (non-hydrogen) atoms. The molecule has 1 rings (SSSR count). The molecule has 3 heteroatoms. The number of hydrogen-bond donors (Lipinski definition) is 0. The minimum Gasteiger partial charge on any atom is -0.373 e. The highest BCUT2D eigenvalue weighted by Gasteiger charge is 2.39. The highest BCUT2D eigenvalue weighted by Crippen LogP contribution is 2.24. The maximum Gasteiger partial charge on any atom is 0.155 e. The summed E-state index contributed by atoms with van der Waals surface area (Å²) >= 11 is 0. The van der Waals surface area contributed by atoms with Crippen LogP contribution in [0, 0.1) is 5.92 Å². The van der Waals surface area contributed by atoms with Crippen LogP contribution in [0.4, 0.5) is 0 Å². The lowest BCUT2D eigenvalue weighted by molar-refractivity contribution is -0.142. The van der Waals surface area contributed by atoms with Crippen LogP contribution in [0.3, 0.4) is 0 Å². The highest BCUT2D eigenvalue weighted by atomic mass is 16.5. The molecule has 1 heterocycles. The quantitative estimate of drug-likeness (QED) is 0.739. The molecule has 1 saturated heterocycles. The van der Waals surface area contributed by atoms with Crippen molar-refractivity contribution in [3.8, 4) is 0 Å². The number of morpholine rings is 1. The summed E-state index contributed by atoms with van der Waals surface area (Å²) in [6, 6.07) is 0. The fourth-order valence-electron chi connectivity index (χ4n) is 2.50. The first-order valence-corrected chi connectivity index (χ1v) is 6.20. The Morgan fingerprint density at radius 2 is 1.69 bits per heavy atom. The molecule has 0 aromatic carbocycles. The Morgan fingerprint density at radius 1 is 1.25 bits per heavy atom. The number of carbonyl (C=O) groups excluding carboxylic acids is 1. The lowest BCUT2D eigenvalue weighted by Crippen LogP contribution is -2.59. The lowest BCUT2D eigenvalue weighted by Gasteiger charge is -2.44. The van der Waals surface area contributed by atoms with Crippen LogP contribution in [0.15, 0.2) is 0 Å². The molecule has 2 atom stereocenters. The largest absolute Gasteiger partial charge is 0.373 e. The maximum absolute atomic E-state index is 12.2. The molecule has 0 bridgehead atoms. The Morgan fingerprint density at radius 3 is 2.06 bits per heavy atom. The van der Waals surface area contributed by atoms with Gasteiger partial charge in [-0.15, -0.1) is 0 Å². The average Bonchev–Trinajstić information content (AvgIpc) is 2.14. The van der Waals surface area contributed by atoms with Gasteiger partial charge in [0.05, 0.1) is 17.7 Å². The Labute approximate surface area is 99.1 Å². The fourth-order valence-corrected chi connectivity index (χ4v) is 2.50. The average molecular weight is 227 g/mol. The van der Waals surface area contributed by atoms with Crippen molar-refractivity contribution in [2.24, 2.45) is 5.92 Å². The van der Waals surface area contributed by atoms with Crippen molar-refractivity contribution in [2.45, 2.75) is 59.3 Å². The van der Waals surface area contributed by atoms with E-state index in [-0.39, 0.29) is 23.7 Å². The van der Waals surface area contributed by atoms with E-state index >= 15 is 0 Å². The van der Waals surface area contributed by atoms with Crippen LogP contribution >= 0.6 is 0 Å². The molecular weight excluding hydrogens is 202 g/mol. The van der Waals surface area contributed by atoms with E-state index in [2.05, 4.69) is 18.7 Å². The lowest BCUT2D eigenvalue weighted by atomic mass is 9.88. The molecule has 0 radical (unpaired) electrons. The van der Waals surface area contributed by atoms with Gasteiger partial charge in [0.2, 0.25) is 0 Å². The molecule has 0 amide bonds. The Kier molecular flexibility index (Phi) is 4.13. The minimum atomic E-state index is -0.375. The van der Waals surface area contributed by atoms with Gasteiger partial charge >= 0.3 is 0 Å². The predicted molar refractivity (Wildman–Crippen MR) is 65.5 cm³/mol. The summed E-state index contributed by atoms with van der Waals surface area (Å²) < 4.78 is 5.70. The zero-order valence-electron chi connectivity index (χ0n) is 11.4. The zero-order chi connectivity index (χ0) is 12.5. The van der Waals surface area contributed by atoms with Crippen molar-refractivity contribution in [2.75, 3.05) is 13.1 Å². The monoisotopic (exact) mass is 227 g/mol. The smallest absolute Gasteiger partial charge is 0.155 e. The predicted octanol–water partition coefficient (Wildman–Crippen LogP) is 2.10. The zero-order valence-corrected chi connectivity index (χ0v) is 11.4. The third-order valence-electron chi connectivity index (χ3n) is 3.34. The third kappa shape index (κ3) is 2.83. The van der Waals surface area contributed by atoms with E-state index in [1.54, 1.807) is 0 Å². The molecule has 3 nitrogen and oxygen atoms in total. The van der Waals surface area contributed by atoms with Gasteiger partial charge in [-0.3, -0.25) is 9.69 Å². The molecule has 0 aliphatic carbocycles. The van der Waals surface area contributed by atoms with Crippen LogP contribution < -0.4 is 0 Å². The molecule has 0 N–H and O–H groups in total. The van der Waals surface area contributed by atoms with Gasteiger partial charge in [-0.25, -0.2) is 0 Å². The van der Waals surface area contributed by atoms with Gasteiger partial charge in [-0.2, -0.15) is 0 Å². The number of ether oxygens (including phenoxy) is 1. The number of Topliss-reactive ketones (excluding diaryl/α,β-unsaturated/α-hetero) is 1. The molecular formula is C13H25NO2. The molecule has 1 aliphatic heterocycles. The summed E-state index contributed by atoms with van der Waals surface area (Å²) in [7, 11) is 0. The fraction of sp³-hybridized carbons (Fsp3) is 0.923. The molecule has 94 valence electrons. The van der Waals surface area contributed by atoms with E-state index in [0.29, 0.717) is 5.78 Å². The van der Waals surface area contributed by atoms with Crippen LogP contribution in [-0.2, 0) is 9.53 Å². The molecule has 0 aromatic rings. The van der Waals surface area contributed by atoms with E-state index in [1.165, 1.54) is 0 Å². The maximum atomic E-state index is 12.2. The van der Waals surface area contributed by atoms with Crippen LogP contribution in [0.5, 0.6) is 0 Å². The topological polar surface area (TPSA) is 29.5 Å². The molecule has 1 aliphatic rings. The number of hydrogen-bond acceptors (Lipinski definition) is 3. The summed E-state index contributed by atoms with van der Waals surface area (Å²) in [5.74, 6) is 0.400. The van der Waals surface area contributed by atoms with Crippen molar-refractivity contribution >= 4 is 5.78 Å². The van der Waals surface area contributed by atoms with E-state index in [4.69, 9.17) is 4.74 Å². The SMILES string of the molecule is CC1CN(C(C)(C)C(=O)C(C)C)CC(C)O1. The highest BCUT2D eigenvalue weighted by molar-refractivity contribution is 5.89. The van der Waals surface area contributed by atoms with Gasteiger partial charge in [-0.1, -0.05) is 13.8 Å². The van der Waals surface area contributed by atoms with Gasteiger partial charge in [0.1, 0.15) is 0 Å². The number of ketones is 1. The van der Waals surface area contributed by atoms with Gasteiger partial charge in [0.25, 0.3) is 0 Å². The van der Waals surface area contributed by atoms with E-state index in [0.717, 1.165) is 13.1 Å². The van der Waals surface area contributed by atoms with Crippen molar-refractivity contribution in [1.29, 1.82) is 0 Å². The summed E-state index contributed by atoms with van der Waals surface area (Å²) in [4.78, 5) is 14.5. The van der Waals surface area contributed by atoms with Crippen LogP contribution in [-0.4, -0.2) is 41.5 Å². The molecule has 2 unspecified atom stereocenters. The molecule has 0 spiro atoms. The first-order chi connectivity index (χ1) is 7.25. The second-order valence-electron chi connectivity index (χ2n) is 5.74. The minimum absolute atomic E-state index is 0.0865. The Bertz CT molecular complexity index is 251. The van der Waals surface area contributed by atoms with Gasteiger partial charge in [0, 0.05) is 19.0 Å². The summed E-state index contributed by atoms with van der Waals surface area (Å²) in [5.41, 5.74) is -0.375. The standard InChI is InChI=1S/C13H25NO2/c1-9(2)12(15)13(5,6)14-7-10(3)16-11(4)8-14/h9-11H,7-8H2,1-6H3. The van der Waals surface area contributed by atoms with Gasteiger partial charge < -0.3 is 4.74 Å². The van der Waals surface area contributed by atoms with Crippen molar-refractivity contribution in [1.82, 2.24) is 4.90 Å². The first kappa shape index (κ1) is 13.7. The molecule has 1 fully saturated rings. The van der Waals surface area contributed by atoms with E-state index in [9.17, 15) is 4.79 Å². The van der Waals surface area contributed by atoms with Crippen molar-refractivity contribution in [3.05, 3.63) is 0 Å². The van der Waals surface area contributed by atoms with Crippen LogP contribution in [0.2, 0.25) is 0 Å². The summed E-state index contributed by atoms with van der Waals surface area (Å²) in [6.45, 7) is 13.8. The normalized spacial score (nSPS) is 28.4. The second-order valence-corrected chi connectivity index (χ2v) is 5.74. The summed E-state index contributed by atoms with van der Waals surface area (Å²) in [5, 5.41) is 0. The van der Waals surface area contributed by atoms with Crippen molar-refractivity contribution < 1.29 is 9.53 Å². The van der Waals surface area contributed by atoms with Crippen LogP contribution in [0.1, 0.15) is 41.5 Å². The first-order valence-electron chi connectivity index (χ1n) is 6.20. The van der Waals surface area contributed by atoms with Gasteiger partial charge in [-0.05, 0) is 27.7 Å². The number of carbonyl (C=O) groups is 1. The second kappa shape index (κ2) is 4.84. The Hall–Kier alpha value is -0.410. The molecule has 0 saturated carbocycles. The molecule has 0 aromatic heterocycles. The summed E-state index contributed by atoms with van der Waals surface area (Å²) in [6.07, 6.45) is 0.422. The van der Waals surface area contributed by atoms with E-state index in [1.807, 2.05) is 27.7 Å². The third-order valence-corrected chi connectivity index (χ3v) is 3.34. The Balaban J connectivity index is 2.78. The number of nitrogens with zero attached hydrogens (tertiary/aromatic N) is 1. The van der Waals surface area contributed by atoms with Crippen LogP contribution in [0.25, 0.3) is 0 Å². The number of rotatable bonds is 3. The van der Waals surface area contributed by atoms with Gasteiger partial charge in [0.15, 0.2) is 5.78 Å². The van der Waals surface area contributed by atoms with Crippen molar-refractivity contribution in [3.63, 3.8) is 0 Å².